The molecule has 0 aliphatic rings. The Hall–Kier alpha value is 1.36. The van der Waals surface area contributed by atoms with Crippen LogP contribution in [0.3, 0.4) is 0 Å². The summed E-state index contributed by atoms with van der Waals surface area (Å²) in [6, 6.07) is 0.327. The molecule has 2 unspecified atom stereocenters. The van der Waals surface area contributed by atoms with Gasteiger partial charge in [-0.3, -0.25) is 0 Å². The summed E-state index contributed by atoms with van der Waals surface area (Å²) in [5.41, 5.74) is 5.67. The molecule has 2 N–H and O–H groups in total. The number of thioether (sulfide) groups is 1. The van der Waals surface area contributed by atoms with Gasteiger partial charge in [-0.05, 0) is 0 Å². The fourth-order valence-corrected chi connectivity index (χ4v) is 3.19. The van der Waals surface area contributed by atoms with Crippen molar-refractivity contribution in [1.82, 2.24) is 0 Å². The molecule has 13 heavy (non-hydrogen) atoms. The SMILES string of the molecule is CSC(CCCC(C)N)C[O][Sn][Cl]. The van der Waals surface area contributed by atoms with Gasteiger partial charge in [-0.25, -0.2) is 0 Å². The standard InChI is InChI=1S/C8H18NOS.ClH.Sn/c1-7(9)4-3-5-8(6-10)11-2;;/h7-8H,3-6,9H2,1-2H3;1H;/q-1;;+2/p-1. The maximum absolute atomic E-state index is 5.67. The molecule has 0 spiro atoms. The van der Waals surface area contributed by atoms with Crippen molar-refractivity contribution in [1.29, 1.82) is 0 Å². The first kappa shape index (κ1) is 14.4. The first-order valence-electron chi connectivity index (χ1n) is 4.46. The third kappa shape index (κ3) is 9.66. The molecule has 0 saturated heterocycles. The van der Waals surface area contributed by atoms with Crippen molar-refractivity contribution in [3.05, 3.63) is 0 Å². The predicted octanol–water partition coefficient (Wildman–Crippen LogP) is 2.03. The van der Waals surface area contributed by atoms with E-state index in [4.69, 9.17) is 17.7 Å². The summed E-state index contributed by atoms with van der Waals surface area (Å²) >= 11 is 0.889. The molecule has 78 valence electrons. The van der Waals surface area contributed by atoms with Gasteiger partial charge in [0.05, 0.1) is 0 Å². The minimum atomic E-state index is -0.976. The van der Waals surface area contributed by atoms with E-state index in [-0.39, 0.29) is 0 Å². The Labute approximate surface area is 99.8 Å². The van der Waals surface area contributed by atoms with Crippen molar-refractivity contribution in [3.63, 3.8) is 0 Å². The average Bonchev–Trinajstić information content (AvgIpc) is 2.10. The van der Waals surface area contributed by atoms with Crippen LogP contribution in [0.15, 0.2) is 0 Å². The average molecular weight is 330 g/mol. The molecule has 0 amide bonds. The summed E-state index contributed by atoms with van der Waals surface area (Å²) in [4.78, 5) is 0. The quantitative estimate of drug-likeness (QED) is 0.692. The van der Waals surface area contributed by atoms with Gasteiger partial charge in [-0.1, -0.05) is 0 Å². The normalized spacial score (nSPS) is 15.7. The van der Waals surface area contributed by atoms with Crippen LogP contribution in [0.4, 0.5) is 0 Å². The third-order valence-corrected chi connectivity index (χ3v) is 4.40. The first-order chi connectivity index (χ1) is 6.20. The molecule has 0 bridgehead atoms. The van der Waals surface area contributed by atoms with E-state index in [9.17, 15) is 0 Å². The summed E-state index contributed by atoms with van der Waals surface area (Å²) in [5.74, 6) is 0. The molecular formula is C8H18ClNOSSn. The second-order valence-electron chi connectivity index (χ2n) is 3.15. The number of rotatable bonds is 8. The molecule has 2 radical (unpaired) electrons. The van der Waals surface area contributed by atoms with E-state index in [0.29, 0.717) is 11.3 Å². The molecule has 2 nitrogen and oxygen atoms in total. The van der Waals surface area contributed by atoms with Gasteiger partial charge in [-0.15, -0.1) is 0 Å². The van der Waals surface area contributed by atoms with E-state index in [1.165, 1.54) is 12.8 Å². The molecule has 0 aromatic heterocycles. The summed E-state index contributed by atoms with van der Waals surface area (Å²) < 4.78 is 5.33. The van der Waals surface area contributed by atoms with Crippen molar-refractivity contribution in [2.24, 2.45) is 5.73 Å². The minimum absolute atomic E-state index is 0.327. The van der Waals surface area contributed by atoms with Crippen molar-refractivity contribution in [2.45, 2.75) is 37.5 Å². The van der Waals surface area contributed by atoms with Crippen LogP contribution in [0.2, 0.25) is 0 Å². The number of nitrogens with two attached hydrogens (primary N) is 1. The summed E-state index contributed by atoms with van der Waals surface area (Å²) in [7, 11) is 5.61. The fraction of sp³-hybridized carbons (Fsp3) is 1.00. The van der Waals surface area contributed by atoms with Gasteiger partial charge in [-0.2, -0.15) is 0 Å². The zero-order valence-electron chi connectivity index (χ0n) is 8.25. The van der Waals surface area contributed by atoms with E-state index in [1.807, 2.05) is 11.8 Å². The van der Waals surface area contributed by atoms with E-state index >= 15 is 0 Å². The van der Waals surface area contributed by atoms with Crippen LogP contribution in [0.1, 0.15) is 26.2 Å². The molecular weight excluding hydrogens is 312 g/mol. The van der Waals surface area contributed by atoms with Crippen LogP contribution in [-0.2, 0) is 3.07 Å². The van der Waals surface area contributed by atoms with Crippen LogP contribution in [0.25, 0.3) is 0 Å². The molecule has 0 aliphatic heterocycles. The van der Waals surface area contributed by atoms with Gasteiger partial charge in [0.2, 0.25) is 0 Å². The zero-order chi connectivity index (χ0) is 10.1. The molecule has 2 atom stereocenters. The van der Waals surface area contributed by atoms with E-state index in [1.54, 1.807) is 0 Å². The molecule has 5 heteroatoms. The summed E-state index contributed by atoms with van der Waals surface area (Å²) in [5, 5.41) is 0.610. The van der Waals surface area contributed by atoms with Gasteiger partial charge in [0.1, 0.15) is 0 Å². The monoisotopic (exact) mass is 331 g/mol. The molecule has 0 rings (SSSR count). The molecule has 0 aromatic carbocycles. The van der Waals surface area contributed by atoms with Gasteiger partial charge >= 0.3 is 100 Å². The molecule has 0 fully saturated rings. The Balaban J connectivity index is 3.36. The Morgan fingerprint density at radius 1 is 1.54 bits per heavy atom. The van der Waals surface area contributed by atoms with Gasteiger partial charge < -0.3 is 0 Å². The van der Waals surface area contributed by atoms with Crippen molar-refractivity contribution < 1.29 is 3.07 Å². The van der Waals surface area contributed by atoms with Gasteiger partial charge in [0.25, 0.3) is 0 Å². The molecule has 0 saturated carbocycles. The second-order valence-corrected chi connectivity index (χ2v) is 6.59. The number of halogens is 1. The topological polar surface area (TPSA) is 35.2 Å². The van der Waals surface area contributed by atoms with E-state index in [2.05, 4.69) is 13.2 Å². The molecule has 0 heterocycles. The number of hydrogen-bond acceptors (Lipinski definition) is 3. The Kier molecular flexibility index (Phi) is 10.9. The molecule has 0 aromatic rings. The van der Waals surface area contributed by atoms with Crippen LogP contribution in [0.5, 0.6) is 0 Å². The van der Waals surface area contributed by atoms with E-state index in [0.717, 1.165) is 13.0 Å². The Morgan fingerprint density at radius 3 is 2.69 bits per heavy atom. The summed E-state index contributed by atoms with van der Waals surface area (Å²) in [6.45, 7) is 2.88. The maximum atomic E-state index is 5.67. The van der Waals surface area contributed by atoms with Crippen molar-refractivity contribution >= 4 is 41.1 Å². The van der Waals surface area contributed by atoms with Crippen LogP contribution in [0, 0.1) is 0 Å². The van der Waals surface area contributed by atoms with Gasteiger partial charge in [0.15, 0.2) is 0 Å². The third-order valence-electron chi connectivity index (χ3n) is 1.84. The van der Waals surface area contributed by atoms with E-state index < -0.39 is 20.4 Å². The van der Waals surface area contributed by atoms with Crippen molar-refractivity contribution in [2.75, 3.05) is 12.9 Å². The van der Waals surface area contributed by atoms with Gasteiger partial charge in [0, 0.05) is 0 Å². The second kappa shape index (κ2) is 9.90. The van der Waals surface area contributed by atoms with Crippen LogP contribution < -0.4 is 5.73 Å². The number of hydrogen-bond donors (Lipinski definition) is 1. The predicted molar refractivity (Wildman–Crippen MR) is 62.4 cm³/mol. The first-order valence-corrected chi connectivity index (χ1v) is 10.5. The van der Waals surface area contributed by atoms with Crippen molar-refractivity contribution in [3.8, 4) is 0 Å². The Bertz CT molecular complexity index is 118. The Morgan fingerprint density at radius 2 is 2.23 bits per heavy atom. The zero-order valence-corrected chi connectivity index (χ0v) is 12.7. The summed E-state index contributed by atoms with van der Waals surface area (Å²) in [6.07, 6.45) is 5.62. The fourth-order valence-electron chi connectivity index (χ4n) is 1.06. The molecule has 0 aliphatic carbocycles. The van der Waals surface area contributed by atoms with Crippen LogP contribution in [-0.4, -0.2) is 44.6 Å². The van der Waals surface area contributed by atoms with Crippen LogP contribution >= 0.6 is 20.7 Å².